The maximum Gasteiger partial charge on any atom is 0.234 e. The molecule has 1 unspecified atom stereocenters. The van der Waals surface area contributed by atoms with Crippen LogP contribution in [0.25, 0.3) is 11.0 Å². The van der Waals surface area contributed by atoms with E-state index < -0.39 is 15.9 Å². The first kappa shape index (κ1) is 44.5. The van der Waals surface area contributed by atoms with E-state index in [1.165, 1.54) is 23.0 Å². The van der Waals surface area contributed by atoms with E-state index in [1.807, 2.05) is 54.6 Å². The number of aromatic nitrogens is 3. The Balaban J connectivity index is 0.677. The zero-order valence-corrected chi connectivity index (χ0v) is 38.6. The van der Waals surface area contributed by atoms with E-state index in [0.29, 0.717) is 76.7 Å². The zero-order chi connectivity index (χ0) is 46.2. The van der Waals surface area contributed by atoms with Gasteiger partial charge >= 0.3 is 0 Å². The summed E-state index contributed by atoms with van der Waals surface area (Å²) in [5, 5.41) is 19.6. The lowest BCUT2D eigenvalue weighted by Gasteiger charge is -2.43. The number of nitrogens with one attached hydrogen (secondary N) is 4. The van der Waals surface area contributed by atoms with Crippen LogP contribution in [0.15, 0.2) is 66.9 Å². The molecule has 7 heterocycles. The second-order valence-corrected chi connectivity index (χ2v) is 20.6. The number of sulfonamides is 1. The van der Waals surface area contributed by atoms with E-state index in [1.54, 1.807) is 6.20 Å². The van der Waals surface area contributed by atoms with Crippen LogP contribution in [0.5, 0.6) is 0 Å². The van der Waals surface area contributed by atoms with Crippen LogP contribution in [0.1, 0.15) is 67.6 Å². The normalized spacial score (nSPS) is 20.3. The van der Waals surface area contributed by atoms with Gasteiger partial charge in [-0.1, -0.05) is 18.2 Å². The van der Waals surface area contributed by atoms with Crippen molar-refractivity contribution >= 4 is 73.1 Å². The quantitative estimate of drug-likeness (QED) is 0.104. The number of hydrogen-bond donors (Lipinski definition) is 4. The molecule has 4 N–H and O–H groups in total. The molecule has 5 aliphatic heterocycles. The largest absolute Gasteiger partial charge is 0.371 e. The Hall–Kier alpha value is -6.29. The van der Waals surface area contributed by atoms with Gasteiger partial charge in [0.2, 0.25) is 27.8 Å². The molecule has 3 aromatic carbocycles. The van der Waals surface area contributed by atoms with Crippen molar-refractivity contribution in [3.05, 3.63) is 89.4 Å². The highest BCUT2D eigenvalue weighted by Gasteiger charge is 2.33. The minimum absolute atomic E-state index is 0.254. The van der Waals surface area contributed by atoms with E-state index in [2.05, 4.69) is 51.6 Å². The predicted octanol–water partition coefficient (Wildman–Crippen LogP) is 6.19. The lowest BCUT2D eigenvalue weighted by molar-refractivity contribution is -0.134. The summed E-state index contributed by atoms with van der Waals surface area (Å²) in [5.41, 5.74) is 6.11. The molecule has 18 heteroatoms. The maximum atomic E-state index is 15.8. The smallest absolute Gasteiger partial charge is 0.234 e. The Morgan fingerprint density at radius 2 is 1.64 bits per heavy atom. The van der Waals surface area contributed by atoms with E-state index in [9.17, 15) is 23.3 Å². The molecule has 0 bridgehead atoms. The van der Waals surface area contributed by atoms with Crippen LogP contribution >= 0.6 is 0 Å². The van der Waals surface area contributed by atoms with Gasteiger partial charge in [0.1, 0.15) is 17.3 Å². The summed E-state index contributed by atoms with van der Waals surface area (Å²) in [6.45, 7) is 9.17. The fraction of sp³-hybridized carbons (Fsp3) is 0.449. The molecule has 67 heavy (non-hydrogen) atoms. The molecule has 2 aromatic heterocycles. The first-order chi connectivity index (χ1) is 32.5. The van der Waals surface area contributed by atoms with Gasteiger partial charge in [-0.3, -0.25) is 24.1 Å². The van der Waals surface area contributed by atoms with Gasteiger partial charge in [-0.15, -0.1) is 0 Å². The number of anilines is 7. The number of fused-ring (bicyclic) bond motifs is 2. The summed E-state index contributed by atoms with van der Waals surface area (Å²) < 4.78 is 42.5. The van der Waals surface area contributed by atoms with E-state index in [4.69, 9.17) is 4.98 Å². The van der Waals surface area contributed by atoms with Crippen LogP contribution < -0.4 is 30.1 Å². The van der Waals surface area contributed by atoms with Gasteiger partial charge in [-0.2, -0.15) is 15.2 Å². The van der Waals surface area contributed by atoms with Crippen molar-refractivity contribution in [2.24, 2.45) is 5.92 Å². The molecule has 350 valence electrons. The molecule has 5 aromatic rings. The third-order valence-corrected chi connectivity index (χ3v) is 15.7. The number of carbonyl (C=O) groups is 2. The second-order valence-electron chi connectivity index (χ2n) is 18.7. The Bertz CT molecular complexity index is 2830. The lowest BCUT2D eigenvalue weighted by Crippen LogP contribution is -2.53. The van der Waals surface area contributed by atoms with Crippen molar-refractivity contribution in [2.75, 3.05) is 96.4 Å². The van der Waals surface area contributed by atoms with Gasteiger partial charge in [0.25, 0.3) is 0 Å². The number of halogens is 1. The van der Waals surface area contributed by atoms with Crippen molar-refractivity contribution in [1.82, 2.24) is 30.1 Å². The topological polar surface area (TPSA) is 186 Å². The van der Waals surface area contributed by atoms with Crippen LogP contribution in [-0.4, -0.2) is 123 Å². The summed E-state index contributed by atoms with van der Waals surface area (Å²) in [6.07, 6.45) is 9.71. The van der Waals surface area contributed by atoms with Gasteiger partial charge in [0, 0.05) is 88.9 Å². The fourth-order valence-corrected chi connectivity index (χ4v) is 11.8. The molecule has 1 atom stereocenters. The van der Waals surface area contributed by atoms with Gasteiger partial charge < -0.3 is 30.3 Å². The number of carbonyl (C=O) groups excluding carboxylic acids is 2. The first-order valence-corrected chi connectivity index (χ1v) is 25.4. The fourth-order valence-electron chi connectivity index (χ4n) is 10.8. The average Bonchev–Trinajstić information content (AvgIpc) is 4.01. The number of aromatic amines is 1. The number of nitrogens with zero attached hydrogens (tertiary/aromatic N) is 8. The molecule has 0 saturated carbocycles. The summed E-state index contributed by atoms with van der Waals surface area (Å²) in [5.74, 6) is 0.0780. The van der Waals surface area contributed by atoms with Crippen LogP contribution in [-0.2, 0) is 26.0 Å². The number of benzene rings is 3. The number of rotatable bonds is 12. The van der Waals surface area contributed by atoms with Gasteiger partial charge in [0.15, 0.2) is 0 Å². The van der Waals surface area contributed by atoms with Crippen molar-refractivity contribution in [3.8, 4) is 6.07 Å². The van der Waals surface area contributed by atoms with Gasteiger partial charge in [-0.25, -0.2) is 12.8 Å². The summed E-state index contributed by atoms with van der Waals surface area (Å²) in [4.78, 5) is 46.4. The average molecular weight is 929 g/mol. The SMILES string of the molecule is CS(=O)(=O)N1CCc2cccc(Nc3nc(Nc4ccc(N5CCC(N6CCN(CCC7CCN(c8ccc(C9CCC(=O)NC9=O)c(C#N)c8)CC7)CC6)CC5)c(F)c4)nc4[nH]ccc34)c21. The van der Waals surface area contributed by atoms with E-state index in [0.717, 1.165) is 101 Å². The van der Waals surface area contributed by atoms with Crippen molar-refractivity contribution in [1.29, 1.82) is 5.26 Å². The highest BCUT2D eigenvalue weighted by atomic mass is 32.2. The molecule has 4 fully saturated rings. The minimum Gasteiger partial charge on any atom is -0.371 e. The molecule has 0 aliphatic carbocycles. The standard InChI is InChI=1S/C49H57FN12O4S/c1-67(65,66)62-24-15-33-3-2-4-42(45(33)62)54-47-40-11-18-52-46(40)56-49(57-47)53-35-5-9-43(41(50)30-35)61-22-16-36(17-23-61)60-27-25-58(26-28-60)19-12-32-13-20-59(21-14-32)37-6-7-38(34(29-37)31-51)39-8-10-44(63)55-48(39)64/h2-7,9,11,18,29-30,32,36,39H,8,10,12-17,19-28H2,1H3,(H,55,63,64)(H3,52,53,54,56,57). The molecule has 4 saturated heterocycles. The Labute approximate surface area is 390 Å². The maximum absolute atomic E-state index is 15.8. The van der Waals surface area contributed by atoms with E-state index >= 15 is 4.39 Å². The molecule has 16 nitrogen and oxygen atoms in total. The third kappa shape index (κ3) is 9.50. The minimum atomic E-state index is -3.47. The lowest BCUT2D eigenvalue weighted by atomic mass is 9.87. The second kappa shape index (κ2) is 18.8. The van der Waals surface area contributed by atoms with Crippen LogP contribution in [0, 0.1) is 23.1 Å². The summed E-state index contributed by atoms with van der Waals surface area (Å²) >= 11 is 0. The van der Waals surface area contributed by atoms with Crippen LogP contribution in [0.2, 0.25) is 0 Å². The van der Waals surface area contributed by atoms with E-state index in [-0.39, 0.29) is 30.0 Å². The Morgan fingerprint density at radius 3 is 2.39 bits per heavy atom. The number of imide groups is 1. The number of para-hydroxylation sites is 1. The molecular weight excluding hydrogens is 872 g/mol. The summed E-state index contributed by atoms with van der Waals surface area (Å²) in [7, 11) is -3.47. The molecule has 2 amide bonds. The van der Waals surface area contributed by atoms with Gasteiger partial charge in [0.05, 0.1) is 46.3 Å². The van der Waals surface area contributed by atoms with Gasteiger partial charge in [-0.05, 0) is 111 Å². The monoisotopic (exact) mass is 928 g/mol. The zero-order valence-electron chi connectivity index (χ0n) is 37.8. The van der Waals surface area contributed by atoms with Crippen LogP contribution in [0.3, 0.4) is 0 Å². The number of amides is 2. The highest BCUT2D eigenvalue weighted by molar-refractivity contribution is 7.92. The van der Waals surface area contributed by atoms with Crippen molar-refractivity contribution in [3.63, 3.8) is 0 Å². The number of H-pyrrole nitrogens is 1. The Kier molecular flexibility index (Phi) is 12.5. The first-order valence-electron chi connectivity index (χ1n) is 23.6. The third-order valence-electron chi connectivity index (χ3n) is 14.6. The van der Waals surface area contributed by atoms with Crippen LogP contribution in [0.4, 0.5) is 44.6 Å². The molecule has 5 aliphatic rings. The van der Waals surface area contributed by atoms with Crippen molar-refractivity contribution < 1.29 is 22.4 Å². The number of piperidine rings is 3. The number of piperazine rings is 1. The molecule has 0 spiro atoms. The summed E-state index contributed by atoms with van der Waals surface area (Å²) in [6, 6.07) is 21.3. The highest BCUT2D eigenvalue weighted by Crippen LogP contribution is 2.40. The molecule has 10 rings (SSSR count). The Morgan fingerprint density at radius 1 is 0.851 bits per heavy atom. The number of nitriles is 1. The molecular formula is C49H57FN12O4S. The predicted molar refractivity (Wildman–Crippen MR) is 258 cm³/mol. The molecule has 0 radical (unpaired) electrons. The van der Waals surface area contributed by atoms with Crippen molar-refractivity contribution in [2.45, 2.75) is 63.3 Å². The number of hydrogen-bond acceptors (Lipinski definition) is 13.